The first-order chi connectivity index (χ1) is 9.08. The van der Waals surface area contributed by atoms with Crippen LogP contribution in [-0.4, -0.2) is 9.55 Å². The summed E-state index contributed by atoms with van der Waals surface area (Å²) in [6.45, 7) is 7.19. The minimum atomic E-state index is 0.760. The lowest BCUT2D eigenvalue weighted by atomic mass is 10.1. The first-order valence-corrected chi connectivity index (χ1v) is 7.49. The molecule has 0 amide bonds. The molecule has 0 saturated carbocycles. The van der Waals surface area contributed by atoms with E-state index in [0.717, 1.165) is 46.8 Å². The number of nitrogens with zero attached hydrogens (tertiary/aromatic N) is 2. The van der Waals surface area contributed by atoms with Gasteiger partial charge in [0.2, 0.25) is 0 Å². The fourth-order valence-electron chi connectivity index (χ4n) is 2.29. The predicted molar refractivity (Wildman–Crippen MR) is 84.2 cm³/mol. The molecule has 1 aromatic heterocycles. The first-order valence-electron chi connectivity index (χ1n) is 6.69. The minimum Gasteiger partial charge on any atom is -0.383 e. The standard InChI is InChI=1S/C15H20BrN3/c1-4-6-13-18-14(15(17)19(13)5-2)11-8-7-10(3)9-12(11)16/h7-9H,4-6,17H2,1-3H3. The zero-order valence-electron chi connectivity index (χ0n) is 11.7. The zero-order valence-corrected chi connectivity index (χ0v) is 13.3. The van der Waals surface area contributed by atoms with Crippen molar-refractivity contribution in [3.8, 4) is 11.3 Å². The van der Waals surface area contributed by atoms with Gasteiger partial charge < -0.3 is 10.3 Å². The summed E-state index contributed by atoms with van der Waals surface area (Å²) in [5.41, 5.74) is 9.43. The minimum absolute atomic E-state index is 0.760. The topological polar surface area (TPSA) is 43.8 Å². The van der Waals surface area contributed by atoms with Gasteiger partial charge in [-0.15, -0.1) is 0 Å². The molecule has 19 heavy (non-hydrogen) atoms. The Morgan fingerprint density at radius 1 is 1.32 bits per heavy atom. The number of aromatic nitrogens is 2. The molecular weight excluding hydrogens is 302 g/mol. The number of hydrogen-bond donors (Lipinski definition) is 1. The molecule has 0 fully saturated rings. The van der Waals surface area contributed by atoms with Gasteiger partial charge in [-0.1, -0.05) is 35.0 Å². The molecule has 0 radical (unpaired) electrons. The summed E-state index contributed by atoms with van der Waals surface area (Å²) < 4.78 is 3.15. The van der Waals surface area contributed by atoms with Gasteiger partial charge in [0.25, 0.3) is 0 Å². The Balaban J connectivity index is 2.56. The Morgan fingerprint density at radius 3 is 2.63 bits per heavy atom. The Bertz CT molecular complexity index is 587. The maximum atomic E-state index is 6.26. The van der Waals surface area contributed by atoms with Gasteiger partial charge in [0, 0.05) is 23.0 Å². The molecule has 0 aliphatic heterocycles. The van der Waals surface area contributed by atoms with E-state index in [1.165, 1.54) is 5.56 Å². The van der Waals surface area contributed by atoms with E-state index in [1.807, 2.05) is 0 Å². The quantitative estimate of drug-likeness (QED) is 0.918. The monoisotopic (exact) mass is 321 g/mol. The second-order valence-corrected chi connectivity index (χ2v) is 5.59. The van der Waals surface area contributed by atoms with E-state index in [4.69, 9.17) is 10.7 Å². The molecule has 1 aromatic carbocycles. The zero-order chi connectivity index (χ0) is 14.0. The Kier molecular flexibility index (Phi) is 4.30. The van der Waals surface area contributed by atoms with Crippen LogP contribution in [0.25, 0.3) is 11.3 Å². The highest BCUT2D eigenvalue weighted by Gasteiger charge is 2.16. The third-order valence-electron chi connectivity index (χ3n) is 3.26. The molecule has 1 heterocycles. The molecule has 0 unspecified atom stereocenters. The number of nitrogens with two attached hydrogens (primary N) is 1. The highest BCUT2D eigenvalue weighted by atomic mass is 79.9. The smallest absolute Gasteiger partial charge is 0.131 e. The van der Waals surface area contributed by atoms with E-state index in [1.54, 1.807) is 0 Å². The lowest BCUT2D eigenvalue weighted by Crippen LogP contribution is -2.05. The fraction of sp³-hybridized carbons (Fsp3) is 0.400. The van der Waals surface area contributed by atoms with Crippen molar-refractivity contribution in [1.29, 1.82) is 0 Å². The van der Waals surface area contributed by atoms with Gasteiger partial charge in [-0.05, 0) is 31.9 Å². The summed E-state index contributed by atoms with van der Waals surface area (Å²) in [4.78, 5) is 4.74. The van der Waals surface area contributed by atoms with E-state index in [2.05, 4.69) is 59.5 Å². The van der Waals surface area contributed by atoms with E-state index in [0.29, 0.717) is 0 Å². The van der Waals surface area contributed by atoms with Crippen molar-refractivity contribution in [1.82, 2.24) is 9.55 Å². The molecule has 0 atom stereocenters. The second-order valence-electron chi connectivity index (χ2n) is 4.74. The summed E-state index contributed by atoms with van der Waals surface area (Å²) in [6, 6.07) is 6.26. The average Bonchev–Trinajstić information content (AvgIpc) is 2.66. The van der Waals surface area contributed by atoms with Crippen LogP contribution in [0.4, 0.5) is 5.82 Å². The average molecular weight is 322 g/mol. The highest BCUT2D eigenvalue weighted by molar-refractivity contribution is 9.10. The van der Waals surface area contributed by atoms with Crippen molar-refractivity contribution in [2.45, 2.75) is 40.2 Å². The molecule has 0 aliphatic carbocycles. The molecule has 0 saturated heterocycles. The SMILES string of the molecule is CCCc1nc(-c2ccc(C)cc2Br)c(N)n1CC. The molecule has 2 N–H and O–H groups in total. The maximum absolute atomic E-state index is 6.26. The molecular formula is C15H20BrN3. The van der Waals surface area contributed by atoms with Crippen molar-refractivity contribution in [3.05, 3.63) is 34.1 Å². The summed E-state index contributed by atoms with van der Waals surface area (Å²) >= 11 is 3.61. The second kappa shape index (κ2) is 5.78. The van der Waals surface area contributed by atoms with Crippen LogP contribution >= 0.6 is 15.9 Å². The van der Waals surface area contributed by atoms with Gasteiger partial charge in [0.1, 0.15) is 17.3 Å². The fourth-order valence-corrected chi connectivity index (χ4v) is 2.97. The number of aryl methyl sites for hydroxylation is 2. The molecule has 2 aromatic rings. The van der Waals surface area contributed by atoms with Gasteiger partial charge in [0.15, 0.2) is 0 Å². The van der Waals surface area contributed by atoms with Crippen LogP contribution in [0, 0.1) is 6.92 Å². The lowest BCUT2D eigenvalue weighted by Gasteiger charge is -2.06. The van der Waals surface area contributed by atoms with Crippen molar-refractivity contribution in [3.63, 3.8) is 0 Å². The number of hydrogen-bond acceptors (Lipinski definition) is 2. The third-order valence-corrected chi connectivity index (χ3v) is 3.91. The predicted octanol–water partition coefficient (Wildman–Crippen LogP) is 4.18. The largest absolute Gasteiger partial charge is 0.383 e. The molecule has 0 aliphatic rings. The van der Waals surface area contributed by atoms with Gasteiger partial charge in [-0.2, -0.15) is 0 Å². The molecule has 3 nitrogen and oxygen atoms in total. The number of imidazole rings is 1. The third kappa shape index (κ3) is 2.68. The van der Waals surface area contributed by atoms with E-state index in [-0.39, 0.29) is 0 Å². The number of halogens is 1. The van der Waals surface area contributed by atoms with Crippen LogP contribution in [-0.2, 0) is 13.0 Å². The maximum Gasteiger partial charge on any atom is 0.131 e. The Hall–Kier alpha value is -1.29. The van der Waals surface area contributed by atoms with Crippen LogP contribution in [0.5, 0.6) is 0 Å². The van der Waals surface area contributed by atoms with Crippen LogP contribution in [0.2, 0.25) is 0 Å². The lowest BCUT2D eigenvalue weighted by molar-refractivity contribution is 0.690. The number of nitrogen functional groups attached to an aromatic ring is 1. The summed E-state index contributed by atoms with van der Waals surface area (Å²) in [6.07, 6.45) is 2.03. The van der Waals surface area contributed by atoms with E-state index < -0.39 is 0 Å². The highest BCUT2D eigenvalue weighted by Crippen LogP contribution is 2.33. The van der Waals surface area contributed by atoms with Crippen LogP contribution in [0.1, 0.15) is 31.7 Å². The van der Waals surface area contributed by atoms with Crippen molar-refractivity contribution in [2.75, 3.05) is 5.73 Å². The molecule has 102 valence electrons. The van der Waals surface area contributed by atoms with Crippen LogP contribution in [0.3, 0.4) is 0 Å². The number of rotatable bonds is 4. The molecule has 4 heteroatoms. The summed E-state index contributed by atoms with van der Waals surface area (Å²) in [5, 5.41) is 0. The van der Waals surface area contributed by atoms with E-state index in [9.17, 15) is 0 Å². The summed E-state index contributed by atoms with van der Waals surface area (Å²) in [7, 11) is 0. The molecule has 0 bridgehead atoms. The Labute approximate surface area is 123 Å². The van der Waals surface area contributed by atoms with Crippen LogP contribution < -0.4 is 5.73 Å². The molecule has 2 rings (SSSR count). The van der Waals surface area contributed by atoms with Crippen molar-refractivity contribution < 1.29 is 0 Å². The first kappa shape index (κ1) is 14.1. The normalized spacial score (nSPS) is 10.9. The van der Waals surface area contributed by atoms with Gasteiger partial charge in [-0.25, -0.2) is 4.98 Å². The van der Waals surface area contributed by atoms with Gasteiger partial charge in [0.05, 0.1) is 0 Å². The molecule has 0 spiro atoms. The van der Waals surface area contributed by atoms with Gasteiger partial charge in [-0.3, -0.25) is 0 Å². The number of anilines is 1. The van der Waals surface area contributed by atoms with Gasteiger partial charge >= 0.3 is 0 Å². The Morgan fingerprint density at radius 2 is 2.05 bits per heavy atom. The number of benzene rings is 1. The van der Waals surface area contributed by atoms with Crippen molar-refractivity contribution >= 4 is 21.7 Å². The summed E-state index contributed by atoms with van der Waals surface area (Å²) in [5.74, 6) is 1.83. The van der Waals surface area contributed by atoms with Crippen molar-refractivity contribution in [2.24, 2.45) is 0 Å². The van der Waals surface area contributed by atoms with Crippen LogP contribution in [0.15, 0.2) is 22.7 Å². The van der Waals surface area contributed by atoms with E-state index >= 15 is 0 Å².